The summed E-state index contributed by atoms with van der Waals surface area (Å²) in [4.78, 5) is 12.1. The van der Waals surface area contributed by atoms with Crippen LogP contribution in [-0.2, 0) is 4.74 Å². The number of carbonyl (C=O) groups excluding carboxylic acids is 1. The molecule has 1 amide bonds. The van der Waals surface area contributed by atoms with Crippen LogP contribution < -0.4 is 5.32 Å². The standard InChI is InChI=1S/C21H25NO3.ClH/c1-14(2)15(12-23)11-22-21(24)25-13-20-18-9-5-3-7-16(18)17-8-4-6-10-19(17)20;/h3-10,14-15,20,23H,11-13H2,1-2H3,(H,22,24);1H/t15-;/m1./s1. The fraction of sp³-hybridized carbons (Fsp3) is 0.381. The molecule has 2 aromatic carbocycles. The number of amides is 1. The zero-order valence-corrected chi connectivity index (χ0v) is 16.0. The van der Waals surface area contributed by atoms with E-state index in [9.17, 15) is 9.90 Å². The van der Waals surface area contributed by atoms with E-state index in [0.29, 0.717) is 19.1 Å². The zero-order valence-electron chi connectivity index (χ0n) is 15.1. The minimum Gasteiger partial charge on any atom is -0.449 e. The van der Waals surface area contributed by atoms with Crippen molar-refractivity contribution >= 4 is 18.5 Å². The maximum Gasteiger partial charge on any atom is 0.407 e. The van der Waals surface area contributed by atoms with E-state index in [1.807, 2.05) is 38.1 Å². The Bertz CT molecular complexity index is 702. The maximum absolute atomic E-state index is 12.1. The molecule has 2 N–H and O–H groups in total. The highest BCUT2D eigenvalue weighted by atomic mass is 35.5. The summed E-state index contributed by atoms with van der Waals surface area (Å²) >= 11 is 0. The highest BCUT2D eigenvalue weighted by Crippen LogP contribution is 2.44. The number of aliphatic hydroxyl groups excluding tert-OH is 1. The fourth-order valence-electron chi connectivity index (χ4n) is 3.37. The fourth-order valence-corrected chi connectivity index (χ4v) is 3.37. The van der Waals surface area contributed by atoms with Crippen molar-refractivity contribution in [1.82, 2.24) is 5.32 Å². The van der Waals surface area contributed by atoms with Crippen molar-refractivity contribution in [2.45, 2.75) is 19.8 Å². The van der Waals surface area contributed by atoms with E-state index in [2.05, 4.69) is 29.6 Å². The van der Waals surface area contributed by atoms with E-state index >= 15 is 0 Å². The van der Waals surface area contributed by atoms with Gasteiger partial charge in [-0.25, -0.2) is 4.79 Å². The number of carbonyl (C=O) groups is 1. The largest absolute Gasteiger partial charge is 0.449 e. The number of hydrogen-bond donors (Lipinski definition) is 2. The number of rotatable bonds is 6. The van der Waals surface area contributed by atoms with Crippen molar-refractivity contribution < 1.29 is 14.6 Å². The van der Waals surface area contributed by atoms with E-state index in [1.54, 1.807) is 0 Å². The third kappa shape index (κ3) is 4.19. The van der Waals surface area contributed by atoms with Crippen LogP contribution in [0.3, 0.4) is 0 Å². The van der Waals surface area contributed by atoms with Crippen LogP contribution >= 0.6 is 12.4 Å². The van der Waals surface area contributed by atoms with E-state index < -0.39 is 6.09 Å². The molecule has 1 atom stereocenters. The molecule has 0 spiro atoms. The molecule has 0 saturated carbocycles. The van der Waals surface area contributed by atoms with Crippen molar-refractivity contribution in [2.75, 3.05) is 19.8 Å². The summed E-state index contributed by atoms with van der Waals surface area (Å²) in [5, 5.41) is 12.1. The second-order valence-electron chi connectivity index (χ2n) is 6.89. The molecule has 0 aliphatic heterocycles. The van der Waals surface area contributed by atoms with Crippen LogP contribution in [0.25, 0.3) is 11.1 Å². The predicted molar refractivity (Wildman–Crippen MR) is 106 cm³/mol. The van der Waals surface area contributed by atoms with Gasteiger partial charge < -0.3 is 15.2 Å². The van der Waals surface area contributed by atoms with Crippen molar-refractivity contribution in [3.63, 3.8) is 0 Å². The Morgan fingerprint density at radius 1 is 1.08 bits per heavy atom. The molecule has 140 valence electrons. The quantitative estimate of drug-likeness (QED) is 0.795. The number of ether oxygens (including phenoxy) is 1. The first-order chi connectivity index (χ1) is 12.1. The van der Waals surface area contributed by atoms with Gasteiger partial charge in [0, 0.05) is 25.0 Å². The highest BCUT2D eigenvalue weighted by Gasteiger charge is 2.29. The van der Waals surface area contributed by atoms with Gasteiger partial charge in [0.25, 0.3) is 0 Å². The van der Waals surface area contributed by atoms with E-state index in [1.165, 1.54) is 22.3 Å². The molecular formula is C21H26ClNO3. The summed E-state index contributed by atoms with van der Waals surface area (Å²) in [6.45, 7) is 4.85. The van der Waals surface area contributed by atoms with Gasteiger partial charge >= 0.3 is 6.09 Å². The molecule has 0 radical (unpaired) electrons. The summed E-state index contributed by atoms with van der Waals surface area (Å²) in [5.41, 5.74) is 4.83. The Hall–Kier alpha value is -2.04. The molecule has 0 aromatic heterocycles. The summed E-state index contributed by atoms with van der Waals surface area (Å²) in [6, 6.07) is 16.5. The minimum absolute atomic E-state index is 0. The highest BCUT2D eigenvalue weighted by molar-refractivity contribution is 5.85. The molecule has 0 fully saturated rings. The Morgan fingerprint density at radius 3 is 2.12 bits per heavy atom. The number of halogens is 1. The summed E-state index contributed by atoms with van der Waals surface area (Å²) in [5.74, 6) is 0.413. The maximum atomic E-state index is 12.1. The van der Waals surface area contributed by atoms with Crippen molar-refractivity contribution in [3.05, 3.63) is 59.7 Å². The average Bonchev–Trinajstić information content (AvgIpc) is 2.94. The van der Waals surface area contributed by atoms with E-state index in [4.69, 9.17) is 4.74 Å². The lowest BCUT2D eigenvalue weighted by Crippen LogP contribution is -2.34. The summed E-state index contributed by atoms with van der Waals surface area (Å²) < 4.78 is 5.48. The molecule has 1 aliphatic rings. The molecule has 0 bridgehead atoms. The monoisotopic (exact) mass is 375 g/mol. The van der Waals surface area contributed by atoms with Gasteiger partial charge in [-0.05, 0) is 28.2 Å². The van der Waals surface area contributed by atoms with Crippen LogP contribution in [0.15, 0.2) is 48.5 Å². The Kier molecular flexibility index (Phi) is 7.06. The number of nitrogens with one attached hydrogen (secondary N) is 1. The number of hydrogen-bond acceptors (Lipinski definition) is 3. The van der Waals surface area contributed by atoms with Gasteiger partial charge in [-0.3, -0.25) is 0 Å². The first-order valence-electron chi connectivity index (χ1n) is 8.81. The average molecular weight is 376 g/mol. The second-order valence-corrected chi connectivity index (χ2v) is 6.89. The normalized spacial score (nSPS) is 13.5. The summed E-state index contributed by atoms with van der Waals surface area (Å²) in [6.07, 6.45) is -0.430. The Labute approximate surface area is 161 Å². The molecule has 0 unspecified atom stereocenters. The van der Waals surface area contributed by atoms with Crippen LogP contribution in [0.5, 0.6) is 0 Å². The first kappa shape index (κ1) is 20.3. The second kappa shape index (κ2) is 9.06. The molecular weight excluding hydrogens is 350 g/mol. The van der Waals surface area contributed by atoms with E-state index in [-0.39, 0.29) is 30.8 Å². The van der Waals surface area contributed by atoms with E-state index in [0.717, 1.165) is 0 Å². The molecule has 0 saturated heterocycles. The van der Waals surface area contributed by atoms with Crippen LogP contribution in [0.1, 0.15) is 30.9 Å². The van der Waals surface area contributed by atoms with Gasteiger partial charge in [0.15, 0.2) is 0 Å². The SMILES string of the molecule is CC(C)[C@@H](CO)CNC(=O)OCC1c2ccccc2-c2ccccc21.Cl. The van der Waals surface area contributed by atoms with Crippen molar-refractivity contribution in [2.24, 2.45) is 11.8 Å². The van der Waals surface area contributed by atoms with Gasteiger partial charge in [0.2, 0.25) is 0 Å². The molecule has 2 aromatic rings. The molecule has 26 heavy (non-hydrogen) atoms. The van der Waals surface area contributed by atoms with Crippen LogP contribution in [0, 0.1) is 11.8 Å². The van der Waals surface area contributed by atoms with Gasteiger partial charge in [-0.15, -0.1) is 12.4 Å². The lowest BCUT2D eigenvalue weighted by Gasteiger charge is -2.19. The van der Waals surface area contributed by atoms with Crippen LogP contribution in [-0.4, -0.2) is 31.0 Å². The lowest BCUT2D eigenvalue weighted by atomic mass is 9.97. The number of aliphatic hydroxyl groups is 1. The predicted octanol–water partition coefficient (Wildman–Crippen LogP) is 4.21. The third-order valence-corrected chi connectivity index (χ3v) is 5.03. The molecule has 3 rings (SSSR count). The molecule has 4 nitrogen and oxygen atoms in total. The zero-order chi connectivity index (χ0) is 17.8. The van der Waals surface area contributed by atoms with Crippen LogP contribution in [0.4, 0.5) is 4.79 Å². The molecule has 5 heteroatoms. The third-order valence-electron chi connectivity index (χ3n) is 5.03. The summed E-state index contributed by atoms with van der Waals surface area (Å²) in [7, 11) is 0. The lowest BCUT2D eigenvalue weighted by molar-refractivity contribution is 0.134. The van der Waals surface area contributed by atoms with Gasteiger partial charge in [-0.2, -0.15) is 0 Å². The molecule has 0 heterocycles. The molecule has 1 aliphatic carbocycles. The first-order valence-corrected chi connectivity index (χ1v) is 8.81. The van der Waals surface area contributed by atoms with Crippen molar-refractivity contribution in [3.8, 4) is 11.1 Å². The number of benzene rings is 2. The Balaban J connectivity index is 0.00000243. The number of alkyl carbamates (subject to hydrolysis) is 1. The van der Waals surface area contributed by atoms with Gasteiger partial charge in [-0.1, -0.05) is 62.4 Å². The van der Waals surface area contributed by atoms with Crippen LogP contribution in [0.2, 0.25) is 0 Å². The van der Waals surface area contributed by atoms with Crippen molar-refractivity contribution in [1.29, 1.82) is 0 Å². The van der Waals surface area contributed by atoms with Gasteiger partial charge in [0.1, 0.15) is 6.61 Å². The topological polar surface area (TPSA) is 58.6 Å². The Morgan fingerprint density at radius 2 is 1.62 bits per heavy atom. The van der Waals surface area contributed by atoms with Gasteiger partial charge in [0.05, 0.1) is 0 Å². The smallest absolute Gasteiger partial charge is 0.407 e. The number of fused-ring (bicyclic) bond motifs is 3. The minimum atomic E-state index is -0.430.